The van der Waals surface area contributed by atoms with E-state index in [0.717, 1.165) is 35.1 Å². The van der Waals surface area contributed by atoms with Crippen LogP contribution in [0.4, 0.5) is 11.4 Å². The number of rotatable bonds is 3. The standard InChI is InChI=1S/C23H20N4O4/c1-15-2-4-18(13-21(15)27(29)30)26-22(28)7-3-16-14-24-20-6-5-17(12-19(20)23(16)26)25-8-10-31-11-9-25/h2-7,12-14H,8-11H2,1H3. The maximum absolute atomic E-state index is 13.0. The zero-order valence-corrected chi connectivity index (χ0v) is 16.9. The molecule has 8 heteroatoms. The Hall–Kier alpha value is -3.78. The van der Waals surface area contributed by atoms with E-state index in [4.69, 9.17) is 4.74 Å². The van der Waals surface area contributed by atoms with Crippen LogP contribution in [0, 0.1) is 17.0 Å². The zero-order chi connectivity index (χ0) is 21.5. The van der Waals surface area contributed by atoms with Crippen LogP contribution in [0.25, 0.3) is 27.5 Å². The molecule has 31 heavy (non-hydrogen) atoms. The number of anilines is 1. The third-order valence-corrected chi connectivity index (χ3v) is 5.72. The van der Waals surface area contributed by atoms with E-state index in [0.29, 0.717) is 30.0 Å². The molecule has 0 aliphatic carbocycles. The Kier molecular flexibility index (Phi) is 4.63. The molecule has 2 aromatic heterocycles. The smallest absolute Gasteiger partial charge is 0.274 e. The normalized spacial score (nSPS) is 14.3. The average Bonchev–Trinajstić information content (AvgIpc) is 2.79. The fraction of sp³-hybridized carbons (Fsp3) is 0.217. The number of hydrogen-bond acceptors (Lipinski definition) is 6. The predicted octanol–water partition coefficient (Wildman–Crippen LogP) is 3.59. The highest BCUT2D eigenvalue weighted by Crippen LogP contribution is 2.30. The molecule has 8 nitrogen and oxygen atoms in total. The molecule has 2 aromatic carbocycles. The van der Waals surface area contributed by atoms with Gasteiger partial charge in [-0.1, -0.05) is 6.07 Å². The Bertz CT molecular complexity index is 1390. The van der Waals surface area contributed by atoms with Crippen LogP contribution in [0.5, 0.6) is 0 Å². The fourth-order valence-electron chi connectivity index (χ4n) is 4.11. The summed E-state index contributed by atoms with van der Waals surface area (Å²) >= 11 is 0. The number of hydrogen-bond donors (Lipinski definition) is 0. The third kappa shape index (κ3) is 3.30. The van der Waals surface area contributed by atoms with Gasteiger partial charge in [0.15, 0.2) is 0 Å². The van der Waals surface area contributed by atoms with Crippen molar-refractivity contribution in [1.29, 1.82) is 0 Å². The highest BCUT2D eigenvalue weighted by atomic mass is 16.6. The third-order valence-electron chi connectivity index (χ3n) is 5.72. The number of morpholine rings is 1. The summed E-state index contributed by atoms with van der Waals surface area (Å²) in [4.78, 5) is 30.8. The molecule has 1 aliphatic rings. The van der Waals surface area contributed by atoms with Gasteiger partial charge in [-0.2, -0.15) is 0 Å². The number of aromatic nitrogens is 2. The van der Waals surface area contributed by atoms with Crippen molar-refractivity contribution in [3.05, 3.63) is 80.8 Å². The summed E-state index contributed by atoms with van der Waals surface area (Å²) in [5.41, 5.74) is 3.20. The summed E-state index contributed by atoms with van der Waals surface area (Å²) in [5, 5.41) is 13.1. The second kappa shape index (κ2) is 7.48. The van der Waals surface area contributed by atoms with E-state index in [9.17, 15) is 14.9 Å². The van der Waals surface area contributed by atoms with Gasteiger partial charge < -0.3 is 9.64 Å². The van der Waals surface area contributed by atoms with Crippen molar-refractivity contribution >= 4 is 33.2 Å². The maximum atomic E-state index is 13.0. The number of aryl methyl sites for hydroxylation is 1. The molecular formula is C23H20N4O4. The van der Waals surface area contributed by atoms with Gasteiger partial charge in [-0.25, -0.2) is 0 Å². The van der Waals surface area contributed by atoms with Crippen LogP contribution in [0.15, 0.2) is 59.5 Å². The second-order valence-corrected chi connectivity index (χ2v) is 7.60. The Labute approximate surface area is 177 Å². The van der Waals surface area contributed by atoms with E-state index in [1.165, 1.54) is 16.7 Å². The van der Waals surface area contributed by atoms with Gasteiger partial charge in [-0.3, -0.25) is 24.5 Å². The number of ether oxygens (including phenoxy) is 1. The number of nitrogens with zero attached hydrogens (tertiary/aromatic N) is 4. The van der Waals surface area contributed by atoms with Crippen LogP contribution in [0.1, 0.15) is 5.56 Å². The Morgan fingerprint density at radius 3 is 2.58 bits per heavy atom. The molecule has 5 rings (SSSR count). The number of nitro benzene ring substituents is 1. The Morgan fingerprint density at radius 1 is 1.03 bits per heavy atom. The van der Waals surface area contributed by atoms with Gasteiger partial charge in [0.25, 0.3) is 11.2 Å². The number of pyridine rings is 2. The van der Waals surface area contributed by atoms with Crippen LogP contribution >= 0.6 is 0 Å². The number of benzene rings is 2. The lowest BCUT2D eigenvalue weighted by molar-refractivity contribution is -0.385. The van der Waals surface area contributed by atoms with E-state index in [2.05, 4.69) is 9.88 Å². The molecule has 0 bridgehead atoms. The van der Waals surface area contributed by atoms with E-state index in [-0.39, 0.29) is 11.2 Å². The molecular weight excluding hydrogens is 396 g/mol. The first-order valence-electron chi connectivity index (χ1n) is 10.1. The molecule has 0 radical (unpaired) electrons. The van der Waals surface area contributed by atoms with E-state index in [1.54, 1.807) is 31.3 Å². The molecule has 0 unspecified atom stereocenters. The first-order chi connectivity index (χ1) is 15.0. The molecule has 1 saturated heterocycles. The highest BCUT2D eigenvalue weighted by Gasteiger charge is 2.17. The SMILES string of the molecule is Cc1ccc(-n2c(=O)ccc3cnc4ccc(N5CCOCC5)cc4c32)cc1[N+](=O)[O-]. The largest absolute Gasteiger partial charge is 0.378 e. The lowest BCUT2D eigenvalue weighted by atomic mass is 10.1. The average molecular weight is 416 g/mol. The van der Waals surface area contributed by atoms with Crippen molar-refractivity contribution in [1.82, 2.24) is 9.55 Å². The minimum Gasteiger partial charge on any atom is -0.378 e. The molecule has 0 amide bonds. The van der Waals surface area contributed by atoms with Gasteiger partial charge in [-0.15, -0.1) is 0 Å². The quantitative estimate of drug-likeness (QED) is 0.288. The van der Waals surface area contributed by atoms with Crippen LogP contribution in [0.2, 0.25) is 0 Å². The van der Waals surface area contributed by atoms with Crippen LogP contribution in [-0.2, 0) is 4.74 Å². The predicted molar refractivity (Wildman–Crippen MR) is 119 cm³/mol. The molecule has 0 spiro atoms. The summed E-state index contributed by atoms with van der Waals surface area (Å²) < 4.78 is 6.99. The van der Waals surface area contributed by atoms with Gasteiger partial charge in [0.05, 0.1) is 34.9 Å². The number of fused-ring (bicyclic) bond motifs is 3. The zero-order valence-electron chi connectivity index (χ0n) is 16.9. The van der Waals surface area contributed by atoms with Crippen LogP contribution < -0.4 is 10.5 Å². The molecule has 4 aromatic rings. The summed E-state index contributed by atoms with van der Waals surface area (Å²) in [7, 11) is 0. The maximum Gasteiger partial charge on any atom is 0.274 e. The summed E-state index contributed by atoms with van der Waals surface area (Å²) in [6.45, 7) is 4.61. The highest BCUT2D eigenvalue weighted by molar-refractivity contribution is 6.05. The van der Waals surface area contributed by atoms with Gasteiger partial charge in [0.1, 0.15) is 0 Å². The topological polar surface area (TPSA) is 90.5 Å². The first kappa shape index (κ1) is 19.2. The molecule has 1 aliphatic heterocycles. The molecule has 0 atom stereocenters. The Balaban J connectivity index is 1.81. The van der Waals surface area contributed by atoms with E-state index in [1.807, 2.05) is 18.2 Å². The minimum absolute atomic E-state index is 0.0197. The van der Waals surface area contributed by atoms with Crippen molar-refractivity contribution < 1.29 is 9.66 Å². The summed E-state index contributed by atoms with van der Waals surface area (Å²) in [6.07, 6.45) is 1.73. The molecule has 0 N–H and O–H groups in total. The number of nitro groups is 1. The molecule has 156 valence electrons. The minimum atomic E-state index is -0.425. The van der Waals surface area contributed by atoms with E-state index < -0.39 is 4.92 Å². The van der Waals surface area contributed by atoms with Crippen molar-refractivity contribution in [3.8, 4) is 5.69 Å². The first-order valence-corrected chi connectivity index (χ1v) is 10.1. The van der Waals surface area contributed by atoms with Crippen LogP contribution in [-0.4, -0.2) is 40.8 Å². The van der Waals surface area contributed by atoms with Crippen molar-refractivity contribution in [2.45, 2.75) is 6.92 Å². The molecule has 1 fully saturated rings. The fourth-order valence-corrected chi connectivity index (χ4v) is 4.11. The molecule has 3 heterocycles. The van der Waals surface area contributed by atoms with Gasteiger partial charge in [-0.05, 0) is 37.3 Å². The summed E-state index contributed by atoms with van der Waals surface area (Å²) in [6, 6.07) is 14.1. The van der Waals surface area contributed by atoms with Crippen LogP contribution in [0.3, 0.4) is 0 Å². The monoisotopic (exact) mass is 416 g/mol. The summed E-state index contributed by atoms with van der Waals surface area (Å²) in [5.74, 6) is 0. The van der Waals surface area contributed by atoms with Crippen molar-refractivity contribution in [2.24, 2.45) is 0 Å². The van der Waals surface area contributed by atoms with Crippen molar-refractivity contribution in [3.63, 3.8) is 0 Å². The van der Waals surface area contributed by atoms with E-state index >= 15 is 0 Å². The van der Waals surface area contributed by atoms with Gasteiger partial charge in [0, 0.05) is 53.4 Å². The van der Waals surface area contributed by atoms with Crippen molar-refractivity contribution in [2.75, 3.05) is 31.2 Å². The second-order valence-electron chi connectivity index (χ2n) is 7.60. The lowest BCUT2D eigenvalue weighted by Gasteiger charge is -2.29. The molecule has 0 saturated carbocycles. The van der Waals surface area contributed by atoms with Gasteiger partial charge in [0.2, 0.25) is 0 Å². The Morgan fingerprint density at radius 2 is 1.81 bits per heavy atom. The van der Waals surface area contributed by atoms with Gasteiger partial charge >= 0.3 is 0 Å². The lowest BCUT2D eigenvalue weighted by Crippen LogP contribution is -2.36.